The maximum absolute atomic E-state index is 8.82. The first-order chi connectivity index (χ1) is 6.60. The third-order valence-electron chi connectivity index (χ3n) is 1.86. The van der Waals surface area contributed by atoms with Crippen molar-refractivity contribution >= 4 is 16.8 Å². The molecule has 0 aromatic carbocycles. The monoisotopic (exact) mass is 237 g/mol. The van der Waals surface area contributed by atoms with Crippen LogP contribution in [0.25, 0.3) is 0 Å². The molecule has 0 rings (SSSR count). The van der Waals surface area contributed by atoms with Gasteiger partial charge in [0.05, 0.1) is 0 Å². The first kappa shape index (κ1) is 14.7. The molecule has 0 aliphatic heterocycles. The maximum Gasteiger partial charge on any atom is 0.120 e. The summed E-state index contributed by atoms with van der Waals surface area (Å²) in [5.41, 5.74) is 5.80. The summed E-state index contributed by atoms with van der Waals surface area (Å²) < 4.78 is 21.1. The smallest absolute Gasteiger partial charge is 0.120 e. The molecule has 0 aromatic rings. The Bertz CT molecular complexity index is 218. The van der Waals surface area contributed by atoms with Crippen LogP contribution in [0.3, 0.4) is 0 Å². The minimum Gasteiger partial charge on any atom is -0.386 e. The van der Waals surface area contributed by atoms with Crippen LogP contribution in [0.1, 0.15) is 46.5 Å². The summed E-state index contributed by atoms with van der Waals surface area (Å²) >= 11 is 0. The van der Waals surface area contributed by atoms with Gasteiger partial charge in [-0.3, -0.25) is 9.11 Å². The molecule has 6 N–H and O–H groups in total. The van der Waals surface area contributed by atoms with Gasteiger partial charge in [0.25, 0.3) is 0 Å². The zero-order valence-corrected chi connectivity index (χ0v) is 10.5. The second kappa shape index (κ2) is 5.69. The Labute approximate surface area is 93.6 Å². The van der Waals surface area contributed by atoms with Gasteiger partial charge in [-0.1, -0.05) is 27.2 Å². The highest BCUT2D eigenvalue weighted by molar-refractivity contribution is 8.21. The van der Waals surface area contributed by atoms with E-state index in [1.165, 1.54) is 0 Å². The molecule has 6 heteroatoms. The standard InChI is InChI=1S/C9H23N3O2S/c1-9(2,3)7-5-4-6-8(10)12-15(11,13)14/h13-14H,4-7,11H2,1-3H3,(H2,10,12). The Morgan fingerprint density at radius 1 is 1.27 bits per heavy atom. The van der Waals surface area contributed by atoms with E-state index in [9.17, 15) is 0 Å². The molecule has 0 atom stereocenters. The molecule has 0 saturated carbocycles. The van der Waals surface area contributed by atoms with Crippen LogP contribution in [0.4, 0.5) is 0 Å². The van der Waals surface area contributed by atoms with E-state index in [1.54, 1.807) is 0 Å². The van der Waals surface area contributed by atoms with Crippen molar-refractivity contribution in [2.24, 2.45) is 20.7 Å². The lowest BCUT2D eigenvalue weighted by Gasteiger charge is -2.20. The lowest BCUT2D eigenvalue weighted by molar-refractivity contribution is 0.361. The third-order valence-corrected chi connectivity index (χ3v) is 2.36. The average molecular weight is 237 g/mol. The van der Waals surface area contributed by atoms with Crippen LogP contribution in [-0.4, -0.2) is 14.9 Å². The van der Waals surface area contributed by atoms with Crippen LogP contribution in [0.15, 0.2) is 4.40 Å². The normalized spacial score (nSPS) is 15.5. The van der Waals surface area contributed by atoms with Crippen LogP contribution in [0.5, 0.6) is 0 Å². The van der Waals surface area contributed by atoms with Crippen molar-refractivity contribution in [2.45, 2.75) is 46.5 Å². The van der Waals surface area contributed by atoms with E-state index in [4.69, 9.17) is 20.0 Å². The van der Waals surface area contributed by atoms with E-state index in [0.717, 1.165) is 19.3 Å². The summed E-state index contributed by atoms with van der Waals surface area (Å²) in [6.45, 7) is 6.54. The largest absolute Gasteiger partial charge is 0.386 e. The Hall–Kier alpha value is -0.300. The molecule has 5 nitrogen and oxygen atoms in total. The van der Waals surface area contributed by atoms with Crippen LogP contribution in [0.2, 0.25) is 0 Å². The topological polar surface area (TPSA) is 105 Å². The van der Waals surface area contributed by atoms with Gasteiger partial charge in [0.15, 0.2) is 0 Å². The number of nitrogens with two attached hydrogens (primary N) is 2. The molecule has 0 unspecified atom stereocenters. The van der Waals surface area contributed by atoms with Gasteiger partial charge in [0, 0.05) is 6.42 Å². The Morgan fingerprint density at radius 3 is 2.20 bits per heavy atom. The molecule has 0 saturated heterocycles. The van der Waals surface area contributed by atoms with Crippen LogP contribution < -0.4 is 10.9 Å². The van der Waals surface area contributed by atoms with Crippen molar-refractivity contribution in [3.63, 3.8) is 0 Å². The highest BCUT2D eigenvalue weighted by Crippen LogP contribution is 2.29. The fourth-order valence-corrected chi connectivity index (χ4v) is 1.62. The second-order valence-corrected chi connectivity index (χ2v) is 6.22. The number of rotatable bonds is 5. The first-order valence-corrected chi connectivity index (χ1v) is 6.57. The number of amidine groups is 1. The van der Waals surface area contributed by atoms with Crippen molar-refractivity contribution in [3.8, 4) is 0 Å². The first-order valence-electron chi connectivity index (χ1n) is 5.00. The summed E-state index contributed by atoms with van der Waals surface area (Å²) in [4.78, 5) is 0. The van der Waals surface area contributed by atoms with E-state index in [1.807, 2.05) is 0 Å². The predicted octanol–water partition coefficient (Wildman–Crippen LogP) is 2.49. The predicted molar refractivity (Wildman–Crippen MR) is 66.6 cm³/mol. The van der Waals surface area contributed by atoms with Crippen molar-refractivity contribution in [2.75, 3.05) is 0 Å². The van der Waals surface area contributed by atoms with Gasteiger partial charge in [0.2, 0.25) is 0 Å². The van der Waals surface area contributed by atoms with Crippen molar-refractivity contribution in [1.29, 1.82) is 0 Å². The number of unbranched alkanes of at least 4 members (excludes halogenated alkanes) is 1. The Morgan fingerprint density at radius 2 is 1.80 bits per heavy atom. The molecule has 15 heavy (non-hydrogen) atoms. The van der Waals surface area contributed by atoms with Gasteiger partial charge in [0.1, 0.15) is 5.84 Å². The molecule has 92 valence electrons. The summed E-state index contributed by atoms with van der Waals surface area (Å²) in [5, 5.41) is 4.94. The molecular formula is C9H23N3O2S. The van der Waals surface area contributed by atoms with Crippen LogP contribution in [-0.2, 0) is 0 Å². The minimum absolute atomic E-state index is 0.214. The van der Waals surface area contributed by atoms with Gasteiger partial charge in [-0.2, -0.15) is 0 Å². The molecule has 0 radical (unpaired) electrons. The van der Waals surface area contributed by atoms with Crippen LogP contribution >= 0.6 is 11.0 Å². The molecule has 0 bridgehead atoms. The summed E-state index contributed by atoms with van der Waals surface area (Å²) in [6, 6.07) is 0. The van der Waals surface area contributed by atoms with E-state index in [0.29, 0.717) is 11.8 Å². The second-order valence-electron chi connectivity index (χ2n) is 4.91. The van der Waals surface area contributed by atoms with E-state index >= 15 is 0 Å². The van der Waals surface area contributed by atoms with Crippen molar-refractivity contribution in [1.82, 2.24) is 0 Å². The van der Waals surface area contributed by atoms with Gasteiger partial charge in [-0.15, -0.1) is 4.40 Å². The maximum atomic E-state index is 8.82. The molecule has 0 aromatic heterocycles. The van der Waals surface area contributed by atoms with E-state index in [2.05, 4.69) is 25.2 Å². The highest BCUT2D eigenvalue weighted by Gasteiger charge is 2.09. The lowest BCUT2D eigenvalue weighted by atomic mass is 9.89. The lowest BCUT2D eigenvalue weighted by Crippen LogP contribution is -2.16. The van der Waals surface area contributed by atoms with Gasteiger partial charge >= 0.3 is 0 Å². The number of nitrogens with zero attached hydrogens (tertiary/aromatic N) is 1. The molecule has 0 spiro atoms. The molecule has 0 aliphatic rings. The third kappa shape index (κ3) is 11.6. The Kier molecular flexibility index (Phi) is 5.58. The van der Waals surface area contributed by atoms with E-state index in [-0.39, 0.29) is 5.84 Å². The number of hydrogen-bond acceptors (Lipinski definition) is 4. The molecule has 0 fully saturated rings. The number of hydrogen-bond donors (Lipinski definition) is 4. The quantitative estimate of drug-likeness (QED) is 0.335. The molecule has 0 heterocycles. The van der Waals surface area contributed by atoms with Crippen molar-refractivity contribution < 1.29 is 9.11 Å². The zero-order chi connectivity index (χ0) is 12.1. The van der Waals surface area contributed by atoms with E-state index < -0.39 is 11.0 Å². The van der Waals surface area contributed by atoms with Crippen molar-refractivity contribution in [3.05, 3.63) is 0 Å². The van der Waals surface area contributed by atoms with Gasteiger partial charge in [-0.05, 0) is 29.2 Å². The van der Waals surface area contributed by atoms with Crippen LogP contribution in [0, 0.1) is 5.41 Å². The fourth-order valence-electron chi connectivity index (χ4n) is 1.18. The molecule has 0 aliphatic carbocycles. The van der Waals surface area contributed by atoms with Gasteiger partial charge < -0.3 is 5.73 Å². The molecule has 0 amide bonds. The fraction of sp³-hybridized carbons (Fsp3) is 0.889. The average Bonchev–Trinajstić information content (AvgIpc) is 1.92. The summed E-state index contributed by atoms with van der Waals surface area (Å²) in [5.74, 6) is 0.214. The molecular weight excluding hydrogens is 214 g/mol. The summed E-state index contributed by atoms with van der Waals surface area (Å²) in [7, 11) is -3.33. The SMILES string of the molecule is CC(C)(C)CCCC/C(N)=N/S(N)(O)O. The Balaban J connectivity index is 3.74. The summed E-state index contributed by atoms with van der Waals surface area (Å²) in [6.07, 6.45) is 3.61. The zero-order valence-electron chi connectivity index (χ0n) is 9.73. The minimum atomic E-state index is -3.33. The van der Waals surface area contributed by atoms with Gasteiger partial charge in [-0.25, -0.2) is 5.14 Å². The highest BCUT2D eigenvalue weighted by atomic mass is 32.3.